The van der Waals surface area contributed by atoms with Gasteiger partial charge in [0.2, 0.25) is 0 Å². The van der Waals surface area contributed by atoms with Crippen molar-refractivity contribution in [3.8, 4) is 0 Å². The molecular weight excluding hydrogens is 262 g/mol. The van der Waals surface area contributed by atoms with Crippen molar-refractivity contribution in [1.82, 2.24) is 5.32 Å². The SMILES string of the molecule is Cc1cc(C)c(C(C)NCc2cc(C)c(C)s2)c(C)c1. The molecule has 2 rings (SSSR count). The summed E-state index contributed by atoms with van der Waals surface area (Å²) in [6, 6.07) is 7.24. The van der Waals surface area contributed by atoms with Crippen LogP contribution in [0, 0.1) is 34.6 Å². The molecule has 108 valence electrons. The zero-order chi connectivity index (χ0) is 14.9. The fourth-order valence-electron chi connectivity index (χ4n) is 2.97. The van der Waals surface area contributed by atoms with Crippen molar-refractivity contribution in [2.75, 3.05) is 0 Å². The predicted molar refractivity (Wildman–Crippen MR) is 89.7 cm³/mol. The summed E-state index contributed by atoms with van der Waals surface area (Å²) in [4.78, 5) is 2.85. The predicted octanol–water partition coefficient (Wildman–Crippen LogP) is 5.14. The number of benzene rings is 1. The van der Waals surface area contributed by atoms with Gasteiger partial charge in [-0.3, -0.25) is 0 Å². The zero-order valence-electron chi connectivity index (χ0n) is 13.4. The van der Waals surface area contributed by atoms with Crippen LogP contribution in [-0.4, -0.2) is 0 Å². The van der Waals surface area contributed by atoms with Gasteiger partial charge in [-0.1, -0.05) is 17.7 Å². The van der Waals surface area contributed by atoms with Crippen LogP contribution in [0.1, 0.15) is 50.5 Å². The zero-order valence-corrected chi connectivity index (χ0v) is 14.2. The maximum absolute atomic E-state index is 3.67. The van der Waals surface area contributed by atoms with Crippen LogP contribution in [-0.2, 0) is 6.54 Å². The van der Waals surface area contributed by atoms with Crippen molar-refractivity contribution in [3.63, 3.8) is 0 Å². The lowest BCUT2D eigenvalue weighted by Crippen LogP contribution is -2.19. The third-order valence-corrected chi connectivity index (χ3v) is 5.12. The van der Waals surface area contributed by atoms with Gasteiger partial charge in [-0.25, -0.2) is 0 Å². The highest BCUT2D eigenvalue weighted by Gasteiger charge is 2.12. The Labute approximate surface area is 127 Å². The van der Waals surface area contributed by atoms with E-state index >= 15 is 0 Å². The van der Waals surface area contributed by atoms with E-state index in [0.29, 0.717) is 6.04 Å². The molecule has 1 N–H and O–H groups in total. The van der Waals surface area contributed by atoms with Crippen LogP contribution < -0.4 is 5.32 Å². The summed E-state index contributed by atoms with van der Waals surface area (Å²) in [7, 11) is 0. The molecule has 0 radical (unpaired) electrons. The van der Waals surface area contributed by atoms with E-state index in [1.807, 2.05) is 11.3 Å². The minimum atomic E-state index is 0.387. The minimum Gasteiger partial charge on any atom is -0.305 e. The summed E-state index contributed by atoms with van der Waals surface area (Å²) in [5, 5.41) is 3.67. The highest BCUT2D eigenvalue weighted by molar-refractivity contribution is 7.12. The van der Waals surface area contributed by atoms with Gasteiger partial charge in [0.15, 0.2) is 0 Å². The molecule has 1 nitrogen and oxygen atoms in total. The molecule has 1 atom stereocenters. The Bertz CT molecular complexity index is 567. The first kappa shape index (κ1) is 15.3. The molecule has 1 unspecified atom stereocenters. The van der Waals surface area contributed by atoms with Gasteiger partial charge in [-0.2, -0.15) is 0 Å². The molecule has 0 aliphatic carbocycles. The topological polar surface area (TPSA) is 12.0 Å². The third-order valence-electron chi connectivity index (χ3n) is 3.97. The molecule has 20 heavy (non-hydrogen) atoms. The normalized spacial score (nSPS) is 12.7. The molecule has 2 heteroatoms. The van der Waals surface area contributed by atoms with Crippen molar-refractivity contribution < 1.29 is 0 Å². The summed E-state index contributed by atoms with van der Waals surface area (Å²) in [5.41, 5.74) is 6.98. The second-order valence-corrected chi connectivity index (χ2v) is 7.21. The summed E-state index contributed by atoms with van der Waals surface area (Å²) in [6.07, 6.45) is 0. The standard InChI is InChI=1S/C18H25NS/c1-11-7-13(3)18(14(4)8-11)15(5)19-10-17-9-12(2)16(6)20-17/h7-9,15,19H,10H2,1-6H3. The lowest BCUT2D eigenvalue weighted by molar-refractivity contribution is 0.573. The summed E-state index contributed by atoms with van der Waals surface area (Å²) in [6.45, 7) is 14.2. The van der Waals surface area contributed by atoms with Gasteiger partial charge in [-0.05, 0) is 69.9 Å². The number of hydrogen-bond donors (Lipinski definition) is 1. The van der Waals surface area contributed by atoms with Gasteiger partial charge in [0.25, 0.3) is 0 Å². The number of nitrogens with one attached hydrogen (secondary N) is 1. The first-order valence-corrected chi connectivity index (χ1v) is 8.07. The second kappa shape index (κ2) is 6.11. The summed E-state index contributed by atoms with van der Waals surface area (Å²) in [5.74, 6) is 0. The van der Waals surface area contributed by atoms with Crippen molar-refractivity contribution >= 4 is 11.3 Å². The molecule has 0 saturated carbocycles. The average molecular weight is 287 g/mol. The second-order valence-electron chi connectivity index (χ2n) is 5.87. The minimum absolute atomic E-state index is 0.387. The number of rotatable bonds is 4. The van der Waals surface area contributed by atoms with Crippen LogP contribution >= 0.6 is 11.3 Å². The van der Waals surface area contributed by atoms with Gasteiger partial charge in [-0.15, -0.1) is 11.3 Å². The molecule has 1 aromatic carbocycles. The van der Waals surface area contributed by atoms with Crippen LogP contribution in [0.3, 0.4) is 0 Å². The van der Waals surface area contributed by atoms with Gasteiger partial charge < -0.3 is 5.32 Å². The molecular formula is C18H25NS. The fraction of sp³-hybridized carbons (Fsp3) is 0.444. The highest BCUT2D eigenvalue weighted by Crippen LogP contribution is 2.25. The van der Waals surface area contributed by atoms with Crippen LogP contribution in [0.25, 0.3) is 0 Å². The highest BCUT2D eigenvalue weighted by atomic mass is 32.1. The maximum atomic E-state index is 3.67. The first-order chi connectivity index (χ1) is 9.38. The lowest BCUT2D eigenvalue weighted by atomic mass is 9.95. The molecule has 0 aliphatic rings. The molecule has 1 heterocycles. The Morgan fingerprint density at radius 3 is 2.05 bits per heavy atom. The molecule has 0 fully saturated rings. The van der Waals surface area contributed by atoms with Crippen LogP contribution in [0.15, 0.2) is 18.2 Å². The molecule has 0 amide bonds. The van der Waals surface area contributed by atoms with E-state index in [4.69, 9.17) is 0 Å². The van der Waals surface area contributed by atoms with E-state index in [1.54, 1.807) is 0 Å². The van der Waals surface area contributed by atoms with E-state index < -0.39 is 0 Å². The van der Waals surface area contributed by atoms with Gasteiger partial charge in [0, 0.05) is 22.3 Å². The first-order valence-electron chi connectivity index (χ1n) is 7.25. The monoisotopic (exact) mass is 287 g/mol. The molecule has 0 bridgehead atoms. The summed E-state index contributed by atoms with van der Waals surface area (Å²) < 4.78 is 0. The fourth-order valence-corrected chi connectivity index (χ4v) is 3.97. The van der Waals surface area contributed by atoms with Gasteiger partial charge in [0.05, 0.1) is 0 Å². The number of thiophene rings is 1. The number of aryl methyl sites for hydroxylation is 5. The average Bonchev–Trinajstić information content (AvgIpc) is 2.65. The van der Waals surface area contributed by atoms with Crippen molar-refractivity contribution in [2.45, 2.75) is 54.1 Å². The lowest BCUT2D eigenvalue weighted by Gasteiger charge is -2.19. The van der Waals surface area contributed by atoms with E-state index in [2.05, 4.69) is 65.1 Å². The molecule has 0 aliphatic heterocycles. The molecule has 0 spiro atoms. The Morgan fingerprint density at radius 2 is 1.55 bits per heavy atom. The Hall–Kier alpha value is -1.12. The van der Waals surface area contributed by atoms with E-state index in [0.717, 1.165) is 6.54 Å². The molecule has 1 aromatic heterocycles. The third kappa shape index (κ3) is 3.31. The van der Waals surface area contributed by atoms with Crippen molar-refractivity contribution in [2.24, 2.45) is 0 Å². The molecule has 0 saturated heterocycles. The largest absolute Gasteiger partial charge is 0.305 e. The van der Waals surface area contributed by atoms with Crippen molar-refractivity contribution in [1.29, 1.82) is 0 Å². The quantitative estimate of drug-likeness (QED) is 0.821. The van der Waals surface area contributed by atoms with E-state index in [9.17, 15) is 0 Å². The van der Waals surface area contributed by atoms with Crippen LogP contribution in [0.2, 0.25) is 0 Å². The van der Waals surface area contributed by atoms with E-state index in [1.165, 1.54) is 37.6 Å². The van der Waals surface area contributed by atoms with Gasteiger partial charge in [0.1, 0.15) is 0 Å². The summed E-state index contributed by atoms with van der Waals surface area (Å²) >= 11 is 1.90. The van der Waals surface area contributed by atoms with Crippen molar-refractivity contribution in [3.05, 3.63) is 55.8 Å². The maximum Gasteiger partial charge on any atom is 0.0305 e. The Morgan fingerprint density at radius 1 is 0.950 bits per heavy atom. The molecule has 2 aromatic rings. The number of hydrogen-bond acceptors (Lipinski definition) is 2. The van der Waals surface area contributed by atoms with Gasteiger partial charge >= 0.3 is 0 Å². The van der Waals surface area contributed by atoms with E-state index in [-0.39, 0.29) is 0 Å². The van der Waals surface area contributed by atoms with Crippen LogP contribution in [0.5, 0.6) is 0 Å². The smallest absolute Gasteiger partial charge is 0.0305 e. The Kier molecular flexibility index (Phi) is 4.66. The Balaban J connectivity index is 2.10. The van der Waals surface area contributed by atoms with Crippen LogP contribution in [0.4, 0.5) is 0 Å².